The normalized spacial score (nSPS) is 15.1. The number of ether oxygens (including phenoxy) is 1. The fourth-order valence-electron chi connectivity index (χ4n) is 2.65. The maximum Gasteiger partial charge on any atom is 0.238 e. The molecular formula is C17H23N5O3S. The maximum absolute atomic E-state index is 11.3. The van der Waals surface area contributed by atoms with Crippen LogP contribution in [0, 0.1) is 0 Å². The van der Waals surface area contributed by atoms with Gasteiger partial charge in [-0.1, -0.05) is 19.1 Å². The molecule has 0 aliphatic carbocycles. The van der Waals surface area contributed by atoms with Crippen LogP contribution in [0.2, 0.25) is 0 Å². The third-order valence-corrected chi connectivity index (χ3v) is 5.08. The number of rotatable bonds is 6. The second kappa shape index (κ2) is 7.98. The fourth-order valence-corrected chi connectivity index (χ4v) is 3.17. The van der Waals surface area contributed by atoms with Gasteiger partial charge in [-0.3, -0.25) is 0 Å². The molecule has 0 bridgehead atoms. The summed E-state index contributed by atoms with van der Waals surface area (Å²) in [6.07, 6.45) is 0.817. The van der Waals surface area contributed by atoms with Gasteiger partial charge in [-0.2, -0.15) is 4.98 Å². The van der Waals surface area contributed by atoms with E-state index in [0.29, 0.717) is 25.7 Å². The van der Waals surface area contributed by atoms with Gasteiger partial charge in [0.25, 0.3) is 0 Å². The smallest absolute Gasteiger partial charge is 0.238 e. The SMILES string of the molecule is CCc1cc(NCc2ccc(S(N)(=O)=O)cc2)nc(N2CCOCC2)n1. The van der Waals surface area contributed by atoms with Crippen molar-refractivity contribution in [3.8, 4) is 0 Å². The van der Waals surface area contributed by atoms with Gasteiger partial charge in [0.05, 0.1) is 18.1 Å². The number of nitrogens with two attached hydrogens (primary N) is 1. The molecule has 0 spiro atoms. The number of nitrogens with zero attached hydrogens (tertiary/aromatic N) is 3. The van der Waals surface area contributed by atoms with Crippen LogP contribution in [0.15, 0.2) is 35.2 Å². The van der Waals surface area contributed by atoms with Gasteiger partial charge in [-0.05, 0) is 24.1 Å². The first kappa shape index (κ1) is 18.6. The van der Waals surface area contributed by atoms with Gasteiger partial charge < -0.3 is 15.0 Å². The number of aryl methyl sites for hydroxylation is 1. The first-order valence-corrected chi connectivity index (χ1v) is 10.1. The first-order chi connectivity index (χ1) is 12.5. The van der Waals surface area contributed by atoms with E-state index in [0.717, 1.165) is 36.6 Å². The van der Waals surface area contributed by atoms with Crippen molar-refractivity contribution in [2.75, 3.05) is 36.5 Å². The summed E-state index contributed by atoms with van der Waals surface area (Å²) in [6.45, 7) is 5.50. The monoisotopic (exact) mass is 377 g/mol. The second-order valence-electron chi connectivity index (χ2n) is 6.04. The van der Waals surface area contributed by atoms with Crippen molar-refractivity contribution in [1.29, 1.82) is 0 Å². The molecule has 26 heavy (non-hydrogen) atoms. The number of hydrogen-bond donors (Lipinski definition) is 2. The van der Waals surface area contributed by atoms with Crippen molar-refractivity contribution in [1.82, 2.24) is 9.97 Å². The van der Waals surface area contributed by atoms with E-state index in [2.05, 4.69) is 27.1 Å². The minimum atomic E-state index is -3.67. The van der Waals surface area contributed by atoms with Crippen molar-refractivity contribution in [2.24, 2.45) is 5.14 Å². The highest BCUT2D eigenvalue weighted by Gasteiger charge is 2.15. The number of morpholine rings is 1. The summed E-state index contributed by atoms with van der Waals surface area (Å²) in [4.78, 5) is 11.4. The average Bonchev–Trinajstić information content (AvgIpc) is 2.66. The van der Waals surface area contributed by atoms with Crippen LogP contribution < -0.4 is 15.4 Å². The van der Waals surface area contributed by atoms with Crippen molar-refractivity contribution in [2.45, 2.75) is 24.8 Å². The van der Waals surface area contributed by atoms with Crippen molar-refractivity contribution < 1.29 is 13.2 Å². The molecule has 2 heterocycles. The molecule has 1 aromatic carbocycles. The molecule has 3 rings (SSSR count). The number of sulfonamides is 1. The third-order valence-electron chi connectivity index (χ3n) is 4.15. The molecule has 3 N–H and O–H groups in total. The lowest BCUT2D eigenvalue weighted by Gasteiger charge is -2.27. The lowest BCUT2D eigenvalue weighted by atomic mass is 10.2. The van der Waals surface area contributed by atoms with E-state index in [1.165, 1.54) is 12.1 Å². The van der Waals surface area contributed by atoms with Gasteiger partial charge in [0, 0.05) is 31.4 Å². The highest BCUT2D eigenvalue weighted by molar-refractivity contribution is 7.89. The number of hydrogen-bond acceptors (Lipinski definition) is 7. The molecule has 0 amide bonds. The number of nitrogens with one attached hydrogen (secondary N) is 1. The fraction of sp³-hybridized carbons (Fsp3) is 0.412. The molecule has 8 nitrogen and oxygen atoms in total. The Hall–Kier alpha value is -2.23. The average molecular weight is 377 g/mol. The van der Waals surface area contributed by atoms with Crippen molar-refractivity contribution in [3.63, 3.8) is 0 Å². The van der Waals surface area contributed by atoms with Gasteiger partial charge in [0.2, 0.25) is 16.0 Å². The van der Waals surface area contributed by atoms with Crippen LogP contribution >= 0.6 is 0 Å². The number of aromatic nitrogens is 2. The zero-order chi connectivity index (χ0) is 18.6. The van der Waals surface area contributed by atoms with E-state index in [1.807, 2.05) is 6.07 Å². The summed E-state index contributed by atoms with van der Waals surface area (Å²) in [5.41, 5.74) is 1.90. The van der Waals surface area contributed by atoms with Crippen LogP contribution in [0.3, 0.4) is 0 Å². The molecule has 0 atom stereocenters. The molecule has 0 unspecified atom stereocenters. The van der Waals surface area contributed by atoms with Gasteiger partial charge in [0.15, 0.2) is 0 Å². The van der Waals surface area contributed by atoms with E-state index >= 15 is 0 Å². The molecule has 1 aromatic heterocycles. The molecule has 0 radical (unpaired) electrons. The molecule has 0 saturated carbocycles. The van der Waals surface area contributed by atoms with E-state index in [4.69, 9.17) is 9.88 Å². The predicted octanol–water partition coefficient (Wildman–Crippen LogP) is 1.14. The molecule has 140 valence electrons. The van der Waals surface area contributed by atoms with Crippen molar-refractivity contribution >= 4 is 21.8 Å². The van der Waals surface area contributed by atoms with Gasteiger partial charge in [-0.15, -0.1) is 0 Å². The Morgan fingerprint density at radius 1 is 1.19 bits per heavy atom. The highest BCUT2D eigenvalue weighted by Crippen LogP contribution is 2.17. The lowest BCUT2D eigenvalue weighted by Crippen LogP contribution is -2.37. The summed E-state index contributed by atoms with van der Waals surface area (Å²) < 4.78 is 28.0. The van der Waals surface area contributed by atoms with Gasteiger partial charge >= 0.3 is 0 Å². The number of primary sulfonamides is 1. The summed E-state index contributed by atoms with van der Waals surface area (Å²) >= 11 is 0. The Kier molecular flexibility index (Phi) is 5.70. The summed E-state index contributed by atoms with van der Waals surface area (Å²) in [7, 11) is -3.67. The second-order valence-corrected chi connectivity index (χ2v) is 7.60. The minimum absolute atomic E-state index is 0.103. The molecule has 1 saturated heterocycles. The Morgan fingerprint density at radius 2 is 1.88 bits per heavy atom. The lowest BCUT2D eigenvalue weighted by molar-refractivity contribution is 0.122. The Morgan fingerprint density at radius 3 is 2.50 bits per heavy atom. The van der Waals surface area contributed by atoms with Crippen LogP contribution in [0.1, 0.15) is 18.2 Å². The standard InChI is InChI=1S/C17H23N5O3S/c1-2-14-11-16(21-17(20-14)22-7-9-25-10-8-22)19-12-13-3-5-15(6-4-13)26(18,23)24/h3-6,11H,2,7-10,12H2,1H3,(H2,18,23,24)(H,19,20,21). The molecule has 1 fully saturated rings. The third kappa shape index (κ3) is 4.69. The van der Waals surface area contributed by atoms with Crippen LogP contribution in [-0.2, 0) is 27.7 Å². The zero-order valence-electron chi connectivity index (χ0n) is 14.7. The van der Waals surface area contributed by atoms with E-state index in [9.17, 15) is 8.42 Å². The van der Waals surface area contributed by atoms with E-state index < -0.39 is 10.0 Å². The van der Waals surface area contributed by atoms with Crippen LogP contribution in [0.5, 0.6) is 0 Å². The molecule has 1 aliphatic heterocycles. The van der Waals surface area contributed by atoms with Crippen LogP contribution in [0.25, 0.3) is 0 Å². The molecule has 9 heteroatoms. The van der Waals surface area contributed by atoms with E-state index in [-0.39, 0.29) is 4.90 Å². The first-order valence-electron chi connectivity index (χ1n) is 8.52. The highest BCUT2D eigenvalue weighted by atomic mass is 32.2. The minimum Gasteiger partial charge on any atom is -0.378 e. The van der Waals surface area contributed by atoms with Crippen LogP contribution in [0.4, 0.5) is 11.8 Å². The van der Waals surface area contributed by atoms with Gasteiger partial charge in [-0.25, -0.2) is 18.5 Å². The predicted molar refractivity (Wildman–Crippen MR) is 99.6 cm³/mol. The molecule has 2 aromatic rings. The molecule has 1 aliphatic rings. The maximum atomic E-state index is 11.3. The number of benzene rings is 1. The summed E-state index contributed by atoms with van der Waals surface area (Å²) in [5.74, 6) is 1.45. The quantitative estimate of drug-likeness (QED) is 0.776. The Bertz CT molecular complexity index is 849. The molecular weight excluding hydrogens is 354 g/mol. The largest absolute Gasteiger partial charge is 0.378 e. The number of anilines is 2. The zero-order valence-corrected chi connectivity index (χ0v) is 15.5. The van der Waals surface area contributed by atoms with E-state index in [1.54, 1.807) is 12.1 Å². The van der Waals surface area contributed by atoms with Crippen molar-refractivity contribution in [3.05, 3.63) is 41.6 Å². The van der Waals surface area contributed by atoms with Gasteiger partial charge in [0.1, 0.15) is 5.82 Å². The topological polar surface area (TPSA) is 110 Å². The summed E-state index contributed by atoms with van der Waals surface area (Å²) in [6, 6.07) is 8.41. The summed E-state index contributed by atoms with van der Waals surface area (Å²) in [5, 5.41) is 8.40. The Balaban J connectivity index is 1.72. The Labute approximate surface area is 153 Å². The van der Waals surface area contributed by atoms with Crippen LogP contribution in [-0.4, -0.2) is 44.7 Å².